The highest BCUT2D eigenvalue weighted by Gasteiger charge is 2.44. The number of aliphatic hydroxyl groups excluding tert-OH is 1. The van der Waals surface area contributed by atoms with Gasteiger partial charge in [-0.05, 0) is 56.8 Å². The molecule has 0 spiro atoms. The summed E-state index contributed by atoms with van der Waals surface area (Å²) in [6, 6.07) is 8.41. The Kier molecular flexibility index (Phi) is 9.73. The molecule has 2 aliphatic heterocycles. The lowest BCUT2D eigenvalue weighted by Crippen LogP contribution is -2.57. The van der Waals surface area contributed by atoms with Crippen molar-refractivity contribution in [3.8, 4) is 16.3 Å². The molecule has 5 rings (SSSR count). The Morgan fingerprint density at radius 1 is 1.11 bits per heavy atom. The number of amides is 3. The molecule has 46 heavy (non-hydrogen) atoms. The maximum atomic E-state index is 14.0. The van der Waals surface area contributed by atoms with E-state index in [-0.39, 0.29) is 48.7 Å². The van der Waals surface area contributed by atoms with Crippen molar-refractivity contribution in [2.24, 2.45) is 5.92 Å². The van der Waals surface area contributed by atoms with Gasteiger partial charge in [-0.15, -0.1) is 11.3 Å². The molecular weight excluding hydrogens is 610 g/mol. The molecule has 0 saturated carbocycles. The van der Waals surface area contributed by atoms with Crippen LogP contribution in [0.3, 0.4) is 0 Å². The number of carbonyl (C=O) groups is 3. The summed E-state index contributed by atoms with van der Waals surface area (Å²) in [6.07, 6.45) is -1.38. The molecule has 2 saturated heterocycles. The first-order chi connectivity index (χ1) is 21.7. The van der Waals surface area contributed by atoms with Crippen LogP contribution in [0.4, 0.5) is 4.79 Å². The van der Waals surface area contributed by atoms with Crippen molar-refractivity contribution in [1.82, 2.24) is 25.3 Å². The Labute approximate surface area is 273 Å². The SMILES string of the molecule is Cc1ncsc1-c1ccc([C@H](C)NC(=O)[C@@H]2C[C@@H](O)CN2C(=O)[C@H](c2cc(OC3CN(C(=O)OC(C)(C)C)C3)no2)C(C)C)cc1. The predicted molar refractivity (Wildman–Crippen MR) is 171 cm³/mol. The average molecular weight is 654 g/mol. The fourth-order valence-corrected chi connectivity index (χ4v) is 6.56. The summed E-state index contributed by atoms with van der Waals surface area (Å²) in [5, 5.41) is 17.6. The van der Waals surface area contributed by atoms with E-state index in [4.69, 9.17) is 14.0 Å². The summed E-state index contributed by atoms with van der Waals surface area (Å²) in [6.45, 7) is 13.8. The average Bonchev–Trinajstić information content (AvgIpc) is 3.69. The second kappa shape index (κ2) is 13.4. The normalized spacial score (nSPS) is 19.9. The van der Waals surface area contributed by atoms with Crippen LogP contribution in [0, 0.1) is 12.8 Å². The molecule has 0 aliphatic carbocycles. The smallest absolute Gasteiger partial charge is 0.410 e. The molecule has 4 atom stereocenters. The van der Waals surface area contributed by atoms with Crippen LogP contribution in [0.25, 0.3) is 10.4 Å². The van der Waals surface area contributed by atoms with Crippen LogP contribution in [0.1, 0.15) is 76.9 Å². The van der Waals surface area contributed by atoms with Crippen molar-refractivity contribution < 1.29 is 33.5 Å². The molecule has 2 fully saturated rings. The minimum absolute atomic E-state index is 0.0392. The van der Waals surface area contributed by atoms with Crippen molar-refractivity contribution in [2.75, 3.05) is 19.6 Å². The Morgan fingerprint density at radius 2 is 1.80 bits per heavy atom. The predicted octanol–water partition coefficient (Wildman–Crippen LogP) is 4.68. The minimum Gasteiger partial charge on any atom is -0.468 e. The number of β-amino-alcohol motifs (C(OH)–C–C–N with tert-alkyl or cyclic N) is 1. The van der Waals surface area contributed by atoms with E-state index in [2.05, 4.69) is 15.5 Å². The molecule has 13 heteroatoms. The molecule has 2 N–H and O–H groups in total. The van der Waals surface area contributed by atoms with Gasteiger partial charge in [0.15, 0.2) is 5.76 Å². The van der Waals surface area contributed by atoms with Crippen LogP contribution in [-0.4, -0.2) is 86.4 Å². The molecule has 2 aromatic heterocycles. The number of rotatable bonds is 9. The quantitative estimate of drug-likeness (QED) is 0.336. The highest BCUT2D eigenvalue weighted by molar-refractivity contribution is 7.13. The van der Waals surface area contributed by atoms with Gasteiger partial charge in [-0.25, -0.2) is 9.78 Å². The zero-order valence-corrected chi connectivity index (χ0v) is 28.2. The zero-order valence-electron chi connectivity index (χ0n) is 27.4. The second-order valence-corrected chi connectivity index (χ2v) is 14.3. The van der Waals surface area contributed by atoms with Crippen molar-refractivity contribution >= 4 is 29.2 Å². The van der Waals surface area contributed by atoms with Crippen molar-refractivity contribution in [3.05, 3.63) is 52.9 Å². The molecule has 0 radical (unpaired) electrons. The van der Waals surface area contributed by atoms with Gasteiger partial charge in [0.05, 0.1) is 41.3 Å². The number of ether oxygens (including phenoxy) is 2. The fraction of sp³-hybridized carbons (Fsp3) is 0.545. The van der Waals surface area contributed by atoms with Crippen LogP contribution in [-0.2, 0) is 14.3 Å². The van der Waals surface area contributed by atoms with E-state index in [1.165, 1.54) is 4.90 Å². The Hall–Kier alpha value is -3.97. The highest BCUT2D eigenvalue weighted by Crippen LogP contribution is 2.33. The number of nitrogens with one attached hydrogen (secondary N) is 1. The van der Waals surface area contributed by atoms with Gasteiger partial charge in [0.1, 0.15) is 23.7 Å². The molecule has 12 nitrogen and oxygen atoms in total. The summed E-state index contributed by atoms with van der Waals surface area (Å²) in [7, 11) is 0. The molecule has 0 bridgehead atoms. The molecule has 2 aliphatic rings. The van der Waals surface area contributed by atoms with Crippen molar-refractivity contribution in [2.45, 2.75) is 90.7 Å². The zero-order chi connectivity index (χ0) is 33.3. The standard InChI is InChI=1S/C33H43N5O7S/c1-18(2)28(26-13-27(36-45-26)43-24-15-37(16-24)32(42)44-33(5,6)7)31(41)38-14-23(39)12-25(38)30(40)35-19(3)21-8-10-22(11-9-21)29-20(4)34-17-46-29/h8-11,13,17-19,23-25,28,39H,12,14-16H2,1-7H3,(H,35,40)/t19-,23+,25-,28-/m0/s1. The molecule has 3 aromatic rings. The fourth-order valence-electron chi connectivity index (χ4n) is 5.75. The summed E-state index contributed by atoms with van der Waals surface area (Å²) in [5.41, 5.74) is 4.20. The first-order valence-electron chi connectivity index (χ1n) is 15.6. The van der Waals surface area contributed by atoms with Crippen LogP contribution in [0.5, 0.6) is 5.88 Å². The highest BCUT2D eigenvalue weighted by atomic mass is 32.1. The lowest BCUT2D eigenvalue weighted by Gasteiger charge is -2.38. The topological polar surface area (TPSA) is 147 Å². The number of nitrogens with zero attached hydrogens (tertiary/aromatic N) is 4. The van der Waals surface area contributed by atoms with E-state index in [1.54, 1.807) is 22.3 Å². The first-order valence-corrected chi connectivity index (χ1v) is 16.5. The molecule has 4 heterocycles. The van der Waals surface area contributed by atoms with Gasteiger partial charge < -0.3 is 34.2 Å². The van der Waals surface area contributed by atoms with E-state index in [0.717, 1.165) is 21.7 Å². The van der Waals surface area contributed by atoms with Crippen LogP contribution < -0.4 is 10.1 Å². The third-order valence-corrected chi connectivity index (χ3v) is 9.15. The molecule has 248 valence electrons. The van der Waals surface area contributed by atoms with E-state index in [1.807, 2.05) is 78.2 Å². The van der Waals surface area contributed by atoms with Gasteiger partial charge in [0, 0.05) is 19.0 Å². The van der Waals surface area contributed by atoms with Gasteiger partial charge in [0.2, 0.25) is 11.8 Å². The molecule has 1 aromatic carbocycles. The Bertz CT molecular complexity index is 1540. The van der Waals surface area contributed by atoms with Gasteiger partial charge in [-0.3, -0.25) is 9.59 Å². The third kappa shape index (κ3) is 7.52. The summed E-state index contributed by atoms with van der Waals surface area (Å²) < 4.78 is 16.8. The Morgan fingerprint density at radius 3 is 2.41 bits per heavy atom. The third-order valence-electron chi connectivity index (χ3n) is 8.18. The maximum Gasteiger partial charge on any atom is 0.410 e. The number of aromatic nitrogens is 2. The molecular formula is C33H43N5O7S. The van der Waals surface area contributed by atoms with E-state index in [0.29, 0.717) is 18.8 Å². The van der Waals surface area contributed by atoms with Gasteiger partial charge in [-0.1, -0.05) is 38.1 Å². The number of likely N-dealkylation sites (tertiary alicyclic amines) is 2. The number of aliphatic hydroxyl groups is 1. The summed E-state index contributed by atoms with van der Waals surface area (Å²) >= 11 is 1.58. The van der Waals surface area contributed by atoms with Crippen LogP contribution in [0.15, 0.2) is 40.4 Å². The first kappa shape index (κ1) is 33.4. The number of hydrogen-bond acceptors (Lipinski definition) is 10. The van der Waals surface area contributed by atoms with E-state index in [9.17, 15) is 19.5 Å². The van der Waals surface area contributed by atoms with Crippen molar-refractivity contribution in [3.63, 3.8) is 0 Å². The van der Waals surface area contributed by atoms with Crippen molar-refractivity contribution in [1.29, 1.82) is 0 Å². The van der Waals surface area contributed by atoms with Crippen LogP contribution in [0.2, 0.25) is 0 Å². The van der Waals surface area contributed by atoms with E-state index < -0.39 is 29.8 Å². The van der Waals surface area contributed by atoms with Gasteiger partial charge >= 0.3 is 6.09 Å². The summed E-state index contributed by atoms with van der Waals surface area (Å²) in [4.78, 5) is 48.1. The minimum atomic E-state index is -0.835. The lowest BCUT2D eigenvalue weighted by atomic mass is 9.91. The monoisotopic (exact) mass is 653 g/mol. The largest absolute Gasteiger partial charge is 0.468 e. The summed E-state index contributed by atoms with van der Waals surface area (Å²) in [5.74, 6) is -1.08. The Balaban J connectivity index is 1.21. The molecule has 0 unspecified atom stereocenters. The number of benzene rings is 1. The lowest BCUT2D eigenvalue weighted by molar-refractivity contribution is -0.141. The van der Waals surface area contributed by atoms with Crippen LogP contribution >= 0.6 is 11.3 Å². The van der Waals surface area contributed by atoms with E-state index >= 15 is 0 Å². The van der Waals surface area contributed by atoms with Gasteiger partial charge in [-0.2, -0.15) is 0 Å². The number of aryl methyl sites for hydroxylation is 1. The number of thiazole rings is 1. The van der Waals surface area contributed by atoms with Gasteiger partial charge in [0.25, 0.3) is 5.88 Å². The number of hydrogen-bond donors (Lipinski definition) is 2. The number of carbonyl (C=O) groups excluding carboxylic acids is 3. The maximum absolute atomic E-state index is 14.0. The second-order valence-electron chi connectivity index (χ2n) is 13.4. The molecule has 3 amide bonds.